The van der Waals surface area contributed by atoms with Gasteiger partial charge >= 0.3 is 0 Å². The first kappa shape index (κ1) is 16.4. The van der Waals surface area contributed by atoms with Gasteiger partial charge in [-0.05, 0) is 29.2 Å². The average molecular weight is 323 g/mol. The van der Waals surface area contributed by atoms with Crippen LogP contribution in [0.3, 0.4) is 0 Å². The summed E-state index contributed by atoms with van der Waals surface area (Å²) < 4.78 is 15.6. The zero-order valence-electron chi connectivity index (χ0n) is 14.0. The maximum absolute atomic E-state index is 13.7. The lowest BCUT2D eigenvalue weighted by Gasteiger charge is -2.22. The van der Waals surface area contributed by atoms with Crippen LogP contribution in [-0.4, -0.2) is 16.1 Å². The first-order valence-corrected chi connectivity index (χ1v) is 8.16. The third-order valence-corrected chi connectivity index (χ3v) is 4.30. The van der Waals surface area contributed by atoms with Crippen molar-refractivity contribution in [3.8, 4) is 0 Å². The first-order valence-electron chi connectivity index (χ1n) is 8.16. The van der Waals surface area contributed by atoms with Gasteiger partial charge in [0.05, 0.1) is 6.04 Å². The van der Waals surface area contributed by atoms with Crippen molar-refractivity contribution in [2.45, 2.75) is 18.9 Å². The van der Waals surface area contributed by atoms with E-state index < -0.39 is 0 Å². The van der Waals surface area contributed by atoms with E-state index in [1.165, 1.54) is 11.6 Å². The molecule has 0 saturated heterocycles. The Kier molecular flexibility index (Phi) is 5.06. The molecule has 3 rings (SSSR count). The number of imidazole rings is 1. The highest BCUT2D eigenvalue weighted by atomic mass is 19.1. The fourth-order valence-corrected chi connectivity index (χ4v) is 2.89. The molecule has 0 aliphatic heterocycles. The van der Waals surface area contributed by atoms with E-state index in [-0.39, 0.29) is 11.9 Å². The van der Waals surface area contributed by atoms with E-state index in [2.05, 4.69) is 41.5 Å². The number of hydrogen-bond donors (Lipinski definition) is 1. The Balaban J connectivity index is 1.82. The highest BCUT2D eigenvalue weighted by Gasteiger charge is 2.19. The quantitative estimate of drug-likeness (QED) is 0.742. The van der Waals surface area contributed by atoms with Crippen LogP contribution in [0.4, 0.5) is 4.39 Å². The van der Waals surface area contributed by atoms with Gasteiger partial charge in [0.15, 0.2) is 0 Å². The molecule has 2 unspecified atom stereocenters. The lowest BCUT2D eigenvalue weighted by molar-refractivity contribution is 0.524. The molecule has 3 aromatic rings. The predicted molar refractivity (Wildman–Crippen MR) is 94.3 cm³/mol. The largest absolute Gasteiger partial charge is 0.336 e. The summed E-state index contributed by atoms with van der Waals surface area (Å²) in [6.07, 6.45) is 3.67. The summed E-state index contributed by atoms with van der Waals surface area (Å²) in [7, 11) is 1.96. The summed E-state index contributed by atoms with van der Waals surface area (Å²) in [5.41, 5.74) is 2.16. The molecule has 3 nitrogen and oxygen atoms in total. The Hall–Kier alpha value is -2.46. The first-order chi connectivity index (χ1) is 11.6. The molecule has 0 bridgehead atoms. The van der Waals surface area contributed by atoms with Crippen LogP contribution in [0.5, 0.6) is 0 Å². The van der Waals surface area contributed by atoms with Crippen LogP contribution in [-0.2, 0) is 7.05 Å². The Bertz CT molecular complexity index is 782. The van der Waals surface area contributed by atoms with Crippen LogP contribution in [0, 0.1) is 5.82 Å². The smallest absolute Gasteiger partial charge is 0.130 e. The zero-order chi connectivity index (χ0) is 16.9. The number of aromatic nitrogens is 2. The second kappa shape index (κ2) is 7.41. The van der Waals surface area contributed by atoms with Crippen molar-refractivity contribution in [3.63, 3.8) is 0 Å². The summed E-state index contributed by atoms with van der Waals surface area (Å²) in [5.74, 6) is 0.994. The maximum atomic E-state index is 13.7. The molecule has 0 aliphatic carbocycles. The summed E-state index contributed by atoms with van der Waals surface area (Å²) in [6.45, 7) is 2.96. The van der Waals surface area contributed by atoms with Crippen molar-refractivity contribution < 1.29 is 4.39 Å². The Morgan fingerprint density at radius 1 is 1.08 bits per heavy atom. The minimum Gasteiger partial charge on any atom is -0.336 e. The molecule has 2 atom stereocenters. The number of halogens is 1. The number of aryl methyl sites for hydroxylation is 1. The monoisotopic (exact) mass is 323 g/mol. The Morgan fingerprint density at radius 2 is 1.83 bits per heavy atom. The van der Waals surface area contributed by atoms with Gasteiger partial charge in [-0.15, -0.1) is 0 Å². The predicted octanol–water partition coefficient (Wildman–Crippen LogP) is 4.04. The van der Waals surface area contributed by atoms with Gasteiger partial charge in [0.25, 0.3) is 0 Å². The lowest BCUT2D eigenvalue weighted by Crippen LogP contribution is -2.28. The third-order valence-electron chi connectivity index (χ3n) is 4.30. The van der Waals surface area contributed by atoms with Crippen LogP contribution < -0.4 is 5.32 Å². The molecule has 1 heterocycles. The van der Waals surface area contributed by atoms with Crippen LogP contribution >= 0.6 is 0 Å². The van der Waals surface area contributed by atoms with Gasteiger partial charge in [-0.2, -0.15) is 0 Å². The summed E-state index contributed by atoms with van der Waals surface area (Å²) >= 11 is 0. The topological polar surface area (TPSA) is 29.9 Å². The van der Waals surface area contributed by atoms with E-state index in [4.69, 9.17) is 0 Å². The average Bonchev–Trinajstić information content (AvgIpc) is 3.02. The molecule has 1 aromatic heterocycles. The minimum atomic E-state index is -0.232. The van der Waals surface area contributed by atoms with Crippen LogP contribution in [0.2, 0.25) is 0 Å². The standard InChI is InChI=1S/C20H22FN3/c1-15(16-7-4-3-5-8-16)14-23-19(20-22-11-12-24(20)2)17-9-6-10-18(21)13-17/h3-13,15,19,23H,14H2,1-2H3. The fraction of sp³-hybridized carbons (Fsp3) is 0.250. The van der Waals surface area contributed by atoms with Crippen LogP contribution in [0.25, 0.3) is 0 Å². The lowest BCUT2D eigenvalue weighted by atomic mass is 9.99. The van der Waals surface area contributed by atoms with Crippen molar-refractivity contribution >= 4 is 0 Å². The molecule has 0 aliphatic rings. The normalized spacial score (nSPS) is 13.6. The van der Waals surface area contributed by atoms with Crippen molar-refractivity contribution in [1.29, 1.82) is 0 Å². The third kappa shape index (κ3) is 3.71. The van der Waals surface area contributed by atoms with E-state index in [9.17, 15) is 4.39 Å². The second-order valence-corrected chi connectivity index (χ2v) is 6.10. The molecule has 0 fully saturated rings. The van der Waals surface area contributed by atoms with E-state index in [1.807, 2.05) is 29.9 Å². The van der Waals surface area contributed by atoms with Gasteiger partial charge < -0.3 is 9.88 Å². The van der Waals surface area contributed by atoms with E-state index in [0.29, 0.717) is 5.92 Å². The van der Waals surface area contributed by atoms with Crippen LogP contribution in [0.1, 0.15) is 35.8 Å². The van der Waals surface area contributed by atoms with E-state index >= 15 is 0 Å². The molecule has 0 radical (unpaired) electrons. The number of nitrogens with zero attached hydrogens (tertiary/aromatic N) is 2. The number of benzene rings is 2. The Labute approximate surface area is 142 Å². The van der Waals surface area contributed by atoms with E-state index in [0.717, 1.165) is 17.9 Å². The van der Waals surface area contributed by atoms with Gasteiger partial charge in [0, 0.05) is 26.0 Å². The number of rotatable bonds is 6. The summed E-state index contributed by atoms with van der Waals surface area (Å²) in [4.78, 5) is 4.45. The van der Waals surface area contributed by atoms with Gasteiger partial charge in [-0.3, -0.25) is 0 Å². The molecule has 0 amide bonds. The highest BCUT2D eigenvalue weighted by molar-refractivity contribution is 5.26. The minimum absolute atomic E-state index is 0.146. The molecule has 0 saturated carbocycles. The molecule has 24 heavy (non-hydrogen) atoms. The van der Waals surface area contributed by atoms with Crippen molar-refractivity contribution in [2.75, 3.05) is 6.54 Å². The highest BCUT2D eigenvalue weighted by Crippen LogP contribution is 2.23. The SMILES string of the molecule is CC(CNC(c1cccc(F)c1)c1nccn1C)c1ccccc1. The molecular weight excluding hydrogens is 301 g/mol. The van der Waals surface area contributed by atoms with Gasteiger partial charge in [-0.1, -0.05) is 49.4 Å². The molecule has 124 valence electrons. The molecular formula is C20H22FN3. The molecule has 0 spiro atoms. The molecule has 4 heteroatoms. The fourth-order valence-electron chi connectivity index (χ4n) is 2.89. The zero-order valence-corrected chi connectivity index (χ0v) is 14.0. The van der Waals surface area contributed by atoms with Crippen LogP contribution in [0.15, 0.2) is 67.0 Å². The molecule has 2 aromatic carbocycles. The summed E-state index contributed by atoms with van der Waals surface area (Å²) in [6, 6.07) is 16.9. The maximum Gasteiger partial charge on any atom is 0.130 e. The van der Waals surface area contributed by atoms with Gasteiger partial charge in [0.2, 0.25) is 0 Å². The van der Waals surface area contributed by atoms with Gasteiger partial charge in [-0.25, -0.2) is 9.37 Å². The Morgan fingerprint density at radius 3 is 2.50 bits per heavy atom. The molecule has 1 N–H and O–H groups in total. The van der Waals surface area contributed by atoms with Gasteiger partial charge in [0.1, 0.15) is 11.6 Å². The summed E-state index contributed by atoms with van der Waals surface area (Å²) in [5, 5.41) is 3.55. The van der Waals surface area contributed by atoms with E-state index in [1.54, 1.807) is 18.3 Å². The number of hydrogen-bond acceptors (Lipinski definition) is 2. The van der Waals surface area contributed by atoms with Crippen molar-refractivity contribution in [3.05, 3.63) is 89.8 Å². The number of nitrogens with one attached hydrogen (secondary N) is 1. The second-order valence-electron chi connectivity index (χ2n) is 6.10. The van der Waals surface area contributed by atoms with Crippen molar-refractivity contribution in [1.82, 2.24) is 14.9 Å². The van der Waals surface area contributed by atoms with Crippen molar-refractivity contribution in [2.24, 2.45) is 7.05 Å².